The highest BCUT2D eigenvalue weighted by molar-refractivity contribution is 7.17. The number of aliphatic hydroxyl groups is 1. The van der Waals surface area contributed by atoms with Crippen LogP contribution in [0.5, 0.6) is 5.75 Å². The van der Waals surface area contributed by atoms with Crippen molar-refractivity contribution in [3.63, 3.8) is 0 Å². The maximum absolute atomic E-state index is 9.02. The van der Waals surface area contributed by atoms with Crippen LogP contribution in [0.4, 0.5) is 5.82 Å². The van der Waals surface area contributed by atoms with Gasteiger partial charge in [-0.2, -0.15) is 0 Å². The van der Waals surface area contributed by atoms with Gasteiger partial charge in [0.05, 0.1) is 22.7 Å². The van der Waals surface area contributed by atoms with Crippen LogP contribution in [0.3, 0.4) is 0 Å². The molecule has 0 amide bonds. The topological polar surface area (TPSA) is 106 Å². The zero-order chi connectivity index (χ0) is 21.8. The average Bonchev–Trinajstić information content (AvgIpc) is 3.16. The van der Waals surface area contributed by atoms with Crippen LogP contribution in [-0.2, 0) is 0 Å². The van der Waals surface area contributed by atoms with Crippen molar-refractivity contribution in [2.75, 3.05) is 18.5 Å². The fourth-order valence-electron chi connectivity index (χ4n) is 2.68. The van der Waals surface area contributed by atoms with Crippen molar-refractivity contribution in [3.8, 4) is 26.9 Å². The van der Waals surface area contributed by atoms with Gasteiger partial charge in [0.2, 0.25) is 0 Å². The average molecular weight is 468 g/mol. The second-order valence-electron chi connectivity index (χ2n) is 7.12. The molecule has 0 aliphatic carbocycles. The van der Waals surface area contributed by atoms with Gasteiger partial charge in [0.15, 0.2) is 5.75 Å². The van der Waals surface area contributed by atoms with Gasteiger partial charge in [-0.25, -0.2) is 4.98 Å². The van der Waals surface area contributed by atoms with E-state index in [1.807, 2.05) is 19.1 Å². The molecule has 0 radical (unpaired) electrons. The van der Waals surface area contributed by atoms with E-state index in [4.69, 9.17) is 38.8 Å². The molecule has 0 spiro atoms. The molecule has 1 aromatic carbocycles. The number of aryl methyl sites for hydroxylation is 1. The molecule has 0 aliphatic heterocycles. The van der Waals surface area contributed by atoms with Crippen molar-refractivity contribution in [1.82, 2.24) is 15.2 Å². The summed E-state index contributed by atoms with van der Waals surface area (Å²) in [5.41, 5.74) is 8.22. The van der Waals surface area contributed by atoms with Crippen molar-refractivity contribution in [2.45, 2.75) is 32.9 Å². The quantitative estimate of drug-likeness (QED) is 0.450. The Kier molecular flexibility index (Phi) is 7.49. The van der Waals surface area contributed by atoms with Gasteiger partial charge in [-0.3, -0.25) is 0 Å². The first kappa shape index (κ1) is 22.7. The van der Waals surface area contributed by atoms with Crippen LogP contribution in [0, 0.1) is 6.92 Å². The first-order valence-corrected chi connectivity index (χ1v) is 10.9. The summed E-state index contributed by atoms with van der Waals surface area (Å²) in [5, 5.41) is 23.1. The number of halogens is 2. The van der Waals surface area contributed by atoms with Crippen LogP contribution in [0.25, 0.3) is 21.1 Å². The number of nitrogens with one attached hydrogen (secondary N) is 1. The Balaban J connectivity index is 1.87. The number of aromatic nitrogens is 3. The molecular weight excluding hydrogens is 445 g/mol. The lowest BCUT2D eigenvalue weighted by atomic mass is 10.2. The second kappa shape index (κ2) is 9.89. The third-order valence-corrected chi connectivity index (χ3v) is 5.57. The van der Waals surface area contributed by atoms with Gasteiger partial charge in [0, 0.05) is 22.9 Å². The van der Waals surface area contributed by atoms with Crippen molar-refractivity contribution in [3.05, 3.63) is 40.0 Å². The van der Waals surface area contributed by atoms with Crippen LogP contribution in [0.2, 0.25) is 10.0 Å². The molecule has 3 rings (SSSR count). The molecule has 0 bridgehead atoms. The molecule has 3 aromatic rings. The van der Waals surface area contributed by atoms with E-state index in [1.165, 1.54) is 11.3 Å². The van der Waals surface area contributed by atoms with Crippen molar-refractivity contribution in [2.24, 2.45) is 5.73 Å². The van der Waals surface area contributed by atoms with Crippen molar-refractivity contribution < 1.29 is 9.84 Å². The highest BCUT2D eigenvalue weighted by Gasteiger charge is 2.16. The van der Waals surface area contributed by atoms with Gasteiger partial charge in [-0.1, -0.05) is 34.5 Å². The van der Waals surface area contributed by atoms with E-state index in [-0.39, 0.29) is 19.3 Å². The fourth-order valence-corrected chi connectivity index (χ4v) is 4.10. The molecule has 30 heavy (non-hydrogen) atoms. The van der Waals surface area contributed by atoms with Gasteiger partial charge < -0.3 is 20.9 Å². The third kappa shape index (κ3) is 5.59. The number of pyridine rings is 1. The number of rotatable bonds is 8. The van der Waals surface area contributed by atoms with Gasteiger partial charge in [-0.15, -0.1) is 10.2 Å². The largest absolute Gasteiger partial charge is 0.489 e. The van der Waals surface area contributed by atoms with Crippen LogP contribution >= 0.6 is 34.5 Å². The van der Waals surface area contributed by atoms with Gasteiger partial charge in [0.1, 0.15) is 22.4 Å². The first-order chi connectivity index (χ1) is 14.3. The maximum atomic E-state index is 9.02. The molecule has 4 N–H and O–H groups in total. The van der Waals surface area contributed by atoms with E-state index < -0.39 is 6.04 Å². The molecule has 0 saturated carbocycles. The van der Waals surface area contributed by atoms with E-state index >= 15 is 0 Å². The molecule has 7 nitrogen and oxygen atoms in total. The second-order valence-corrected chi connectivity index (χ2v) is 8.91. The van der Waals surface area contributed by atoms with Gasteiger partial charge in [-0.05, 0) is 45.0 Å². The summed E-state index contributed by atoms with van der Waals surface area (Å²) < 4.78 is 5.55. The molecule has 160 valence electrons. The van der Waals surface area contributed by atoms with E-state index in [0.717, 1.165) is 27.6 Å². The number of hydrogen-bond donors (Lipinski definition) is 3. The van der Waals surface area contributed by atoms with Crippen LogP contribution < -0.4 is 15.8 Å². The summed E-state index contributed by atoms with van der Waals surface area (Å²) in [6, 6.07) is 7.13. The number of aliphatic hydroxyl groups excluding tert-OH is 1. The highest BCUT2D eigenvalue weighted by Crippen LogP contribution is 2.39. The zero-order valence-electron chi connectivity index (χ0n) is 16.8. The molecular formula is C20H23Cl2N5O2S. The van der Waals surface area contributed by atoms with Crippen LogP contribution in [-0.4, -0.2) is 45.6 Å². The minimum atomic E-state index is -0.513. The fraction of sp³-hybridized carbons (Fsp3) is 0.350. The molecule has 2 aromatic heterocycles. The number of benzene rings is 1. The van der Waals surface area contributed by atoms with Crippen LogP contribution in [0.15, 0.2) is 24.3 Å². The van der Waals surface area contributed by atoms with E-state index in [0.29, 0.717) is 20.8 Å². The predicted molar refractivity (Wildman–Crippen MR) is 123 cm³/mol. The Morgan fingerprint density at radius 1 is 1.10 bits per heavy atom. The molecule has 0 unspecified atom stereocenters. The van der Waals surface area contributed by atoms with Crippen molar-refractivity contribution >= 4 is 40.4 Å². The summed E-state index contributed by atoms with van der Waals surface area (Å²) in [4.78, 5) is 4.51. The standard InChI is InChI=1S/C20H23Cl2N5O2S/c1-10(2)24-17-7-12(4-11(3)25-17)19-26-27-20(30-19)13-5-15(21)18(16(22)6-13)29-9-14(23)8-28/h4-7,10,14,28H,8-9,23H2,1-3H3,(H,24,25)/t14-/m1/s1. The number of ether oxygens (including phenoxy) is 1. The lowest BCUT2D eigenvalue weighted by molar-refractivity contribution is 0.207. The van der Waals surface area contributed by atoms with Crippen molar-refractivity contribution in [1.29, 1.82) is 0 Å². The Bertz CT molecular complexity index is 1010. The lowest BCUT2D eigenvalue weighted by Gasteiger charge is -2.13. The number of hydrogen-bond acceptors (Lipinski definition) is 8. The molecule has 0 aliphatic rings. The number of nitrogens with zero attached hydrogens (tertiary/aromatic N) is 3. The Morgan fingerprint density at radius 2 is 1.70 bits per heavy atom. The van der Waals surface area contributed by atoms with E-state index in [1.54, 1.807) is 12.1 Å². The molecule has 2 heterocycles. The number of nitrogens with two attached hydrogens (primary N) is 1. The summed E-state index contributed by atoms with van der Waals surface area (Å²) in [7, 11) is 0. The van der Waals surface area contributed by atoms with Gasteiger partial charge in [0.25, 0.3) is 0 Å². The van der Waals surface area contributed by atoms with E-state index in [2.05, 4.69) is 34.3 Å². The Hall–Kier alpha value is -1.97. The minimum absolute atomic E-state index is 0.104. The molecule has 1 atom stereocenters. The summed E-state index contributed by atoms with van der Waals surface area (Å²) in [6.07, 6.45) is 0. The number of anilines is 1. The van der Waals surface area contributed by atoms with Gasteiger partial charge >= 0.3 is 0 Å². The summed E-state index contributed by atoms with van der Waals surface area (Å²) in [5.74, 6) is 1.12. The highest BCUT2D eigenvalue weighted by atomic mass is 35.5. The Labute approximate surface area is 189 Å². The molecule has 0 fully saturated rings. The van der Waals surface area contributed by atoms with Crippen LogP contribution in [0.1, 0.15) is 19.5 Å². The van der Waals surface area contributed by atoms with E-state index in [9.17, 15) is 0 Å². The zero-order valence-corrected chi connectivity index (χ0v) is 19.1. The minimum Gasteiger partial charge on any atom is -0.489 e. The molecule has 10 heteroatoms. The Morgan fingerprint density at radius 3 is 2.27 bits per heavy atom. The lowest BCUT2D eigenvalue weighted by Crippen LogP contribution is -2.31. The first-order valence-electron chi connectivity index (χ1n) is 9.34. The smallest absolute Gasteiger partial charge is 0.156 e. The third-order valence-electron chi connectivity index (χ3n) is 3.98. The summed E-state index contributed by atoms with van der Waals surface area (Å²) in [6.45, 7) is 5.98. The normalized spacial score (nSPS) is 12.3. The monoisotopic (exact) mass is 467 g/mol. The predicted octanol–water partition coefficient (Wildman–Crippen LogP) is 4.40. The maximum Gasteiger partial charge on any atom is 0.156 e. The SMILES string of the molecule is Cc1cc(-c2nnc(-c3cc(Cl)c(OC[C@H](N)CO)c(Cl)c3)s2)cc(NC(C)C)n1. The summed E-state index contributed by atoms with van der Waals surface area (Å²) >= 11 is 14.1. The molecule has 0 saturated heterocycles.